The van der Waals surface area contributed by atoms with Gasteiger partial charge in [-0.15, -0.1) is 0 Å². The van der Waals surface area contributed by atoms with E-state index in [1.807, 2.05) is 6.92 Å². The van der Waals surface area contributed by atoms with Crippen molar-refractivity contribution in [2.75, 3.05) is 6.54 Å². The van der Waals surface area contributed by atoms with E-state index in [0.29, 0.717) is 28.5 Å². The molecule has 0 bridgehead atoms. The van der Waals surface area contributed by atoms with Gasteiger partial charge in [0.1, 0.15) is 0 Å². The van der Waals surface area contributed by atoms with Crippen molar-refractivity contribution in [2.24, 2.45) is 5.92 Å². The average molecular weight is 441 g/mol. The van der Waals surface area contributed by atoms with Gasteiger partial charge in [0.15, 0.2) is 0 Å². The molecule has 1 N–H and O–H groups in total. The standard InChI is InChI=1S/C23H28ClF3N2O/c1-14-18(22(30)28-17-5-3-2-4-6-17)12-21(29(14)13-15-7-8-15)19-11-16(23(25,26)27)9-10-20(19)24/h9-11,15,17,21H,2-8,12-13H2,1H3,(H,28,30). The number of hydrogen-bond acceptors (Lipinski definition) is 2. The molecule has 1 heterocycles. The number of alkyl halides is 3. The fourth-order valence-electron chi connectivity index (χ4n) is 4.73. The van der Waals surface area contributed by atoms with E-state index >= 15 is 0 Å². The lowest BCUT2D eigenvalue weighted by molar-refractivity contribution is -0.137. The van der Waals surface area contributed by atoms with E-state index in [1.165, 1.54) is 12.5 Å². The minimum Gasteiger partial charge on any atom is -0.367 e. The van der Waals surface area contributed by atoms with Gasteiger partial charge in [-0.2, -0.15) is 13.2 Å². The summed E-state index contributed by atoms with van der Waals surface area (Å²) < 4.78 is 39.9. The van der Waals surface area contributed by atoms with Crippen molar-refractivity contribution in [3.05, 3.63) is 45.6 Å². The molecule has 164 valence electrons. The van der Waals surface area contributed by atoms with Crippen LogP contribution in [-0.2, 0) is 11.0 Å². The molecule has 0 saturated heterocycles. The van der Waals surface area contributed by atoms with Gasteiger partial charge in [-0.3, -0.25) is 4.79 Å². The predicted molar refractivity (Wildman–Crippen MR) is 111 cm³/mol. The average Bonchev–Trinajstić information content (AvgIpc) is 3.46. The second-order valence-corrected chi connectivity index (χ2v) is 9.33. The summed E-state index contributed by atoms with van der Waals surface area (Å²) in [7, 11) is 0. The number of amides is 1. The molecular formula is C23H28ClF3N2O. The Hall–Kier alpha value is -1.69. The molecule has 1 aliphatic heterocycles. The number of rotatable bonds is 5. The van der Waals surface area contributed by atoms with E-state index in [4.69, 9.17) is 11.6 Å². The summed E-state index contributed by atoms with van der Waals surface area (Å²) >= 11 is 6.36. The number of allylic oxidation sites excluding steroid dienone is 1. The van der Waals surface area contributed by atoms with Crippen molar-refractivity contribution in [3.8, 4) is 0 Å². The fraction of sp³-hybridized carbons (Fsp3) is 0.609. The maximum Gasteiger partial charge on any atom is 0.416 e. The molecule has 1 unspecified atom stereocenters. The van der Waals surface area contributed by atoms with Gasteiger partial charge < -0.3 is 10.2 Å². The Morgan fingerprint density at radius 3 is 2.50 bits per heavy atom. The van der Waals surface area contributed by atoms with Gasteiger partial charge in [-0.05, 0) is 62.3 Å². The molecule has 7 heteroatoms. The third-order valence-electron chi connectivity index (χ3n) is 6.69. The Morgan fingerprint density at radius 2 is 1.87 bits per heavy atom. The van der Waals surface area contributed by atoms with Crippen molar-refractivity contribution in [1.29, 1.82) is 0 Å². The molecule has 1 amide bonds. The zero-order chi connectivity index (χ0) is 21.5. The fourth-order valence-corrected chi connectivity index (χ4v) is 4.97. The number of hydrogen-bond donors (Lipinski definition) is 1. The Balaban J connectivity index is 1.60. The van der Waals surface area contributed by atoms with Crippen molar-refractivity contribution in [2.45, 2.75) is 76.6 Å². The SMILES string of the molecule is CC1=C(C(=O)NC2CCCCC2)CC(c2cc(C(F)(F)F)ccc2Cl)N1CC1CC1. The van der Waals surface area contributed by atoms with E-state index < -0.39 is 11.7 Å². The zero-order valence-corrected chi connectivity index (χ0v) is 18.0. The Kier molecular flexibility index (Phi) is 6.06. The number of nitrogens with zero attached hydrogens (tertiary/aromatic N) is 1. The van der Waals surface area contributed by atoms with Crippen molar-refractivity contribution < 1.29 is 18.0 Å². The maximum atomic E-state index is 13.3. The number of carbonyl (C=O) groups is 1. The summed E-state index contributed by atoms with van der Waals surface area (Å²) in [5.41, 5.74) is 1.30. The summed E-state index contributed by atoms with van der Waals surface area (Å²) in [6.07, 6.45) is 3.64. The van der Waals surface area contributed by atoms with E-state index in [-0.39, 0.29) is 18.0 Å². The first-order valence-electron chi connectivity index (χ1n) is 10.9. The van der Waals surface area contributed by atoms with Crippen LogP contribution in [0.3, 0.4) is 0 Å². The maximum absolute atomic E-state index is 13.3. The molecule has 0 aromatic heterocycles. The van der Waals surface area contributed by atoms with Crippen molar-refractivity contribution in [1.82, 2.24) is 10.2 Å². The molecule has 30 heavy (non-hydrogen) atoms. The molecule has 1 aromatic rings. The summed E-state index contributed by atoms with van der Waals surface area (Å²) in [4.78, 5) is 15.2. The number of halogens is 4. The van der Waals surface area contributed by atoms with Gasteiger partial charge in [0, 0.05) is 35.3 Å². The lowest BCUT2D eigenvalue weighted by Crippen LogP contribution is -2.37. The lowest BCUT2D eigenvalue weighted by Gasteiger charge is -2.30. The predicted octanol–water partition coefficient (Wildman–Crippen LogP) is 6.24. The Morgan fingerprint density at radius 1 is 1.17 bits per heavy atom. The second-order valence-electron chi connectivity index (χ2n) is 8.92. The largest absolute Gasteiger partial charge is 0.416 e. The molecule has 3 aliphatic rings. The molecule has 1 atom stereocenters. The van der Waals surface area contributed by atoms with Crippen LogP contribution in [0.15, 0.2) is 29.5 Å². The van der Waals surface area contributed by atoms with Gasteiger partial charge in [0.05, 0.1) is 11.6 Å². The minimum atomic E-state index is -4.43. The van der Waals surface area contributed by atoms with E-state index in [9.17, 15) is 18.0 Å². The highest BCUT2D eigenvalue weighted by Crippen LogP contribution is 2.45. The zero-order valence-electron chi connectivity index (χ0n) is 17.2. The third-order valence-corrected chi connectivity index (χ3v) is 7.03. The Bertz CT molecular complexity index is 841. The monoisotopic (exact) mass is 440 g/mol. The molecule has 2 fully saturated rings. The normalized spacial score (nSPS) is 23.2. The van der Waals surface area contributed by atoms with Gasteiger partial charge >= 0.3 is 6.18 Å². The minimum absolute atomic E-state index is 0.0780. The quantitative estimate of drug-likeness (QED) is 0.587. The van der Waals surface area contributed by atoms with Crippen LogP contribution in [-0.4, -0.2) is 23.4 Å². The summed E-state index contributed by atoms with van der Waals surface area (Å²) in [6, 6.07) is 3.35. The molecule has 3 nitrogen and oxygen atoms in total. The number of nitrogens with one attached hydrogen (secondary N) is 1. The number of carbonyl (C=O) groups excluding carboxylic acids is 1. The highest BCUT2D eigenvalue weighted by Gasteiger charge is 2.39. The topological polar surface area (TPSA) is 32.3 Å². The van der Waals surface area contributed by atoms with Gasteiger partial charge in [0.25, 0.3) is 0 Å². The van der Waals surface area contributed by atoms with Crippen LogP contribution in [0.2, 0.25) is 5.02 Å². The summed E-state index contributed by atoms with van der Waals surface area (Å²) in [6.45, 7) is 2.67. The Labute approximate surface area is 180 Å². The van der Waals surface area contributed by atoms with Gasteiger partial charge in [-0.1, -0.05) is 30.9 Å². The molecule has 4 rings (SSSR count). The van der Waals surface area contributed by atoms with Crippen LogP contribution in [0.5, 0.6) is 0 Å². The van der Waals surface area contributed by atoms with Crippen LogP contribution in [0, 0.1) is 5.92 Å². The first-order chi connectivity index (χ1) is 14.2. The number of benzene rings is 1. The van der Waals surface area contributed by atoms with Crippen molar-refractivity contribution >= 4 is 17.5 Å². The van der Waals surface area contributed by atoms with Crippen LogP contribution < -0.4 is 5.32 Å². The molecule has 2 aliphatic carbocycles. The van der Waals surface area contributed by atoms with Crippen molar-refractivity contribution in [3.63, 3.8) is 0 Å². The van der Waals surface area contributed by atoms with Crippen LogP contribution in [0.25, 0.3) is 0 Å². The van der Waals surface area contributed by atoms with E-state index in [0.717, 1.165) is 62.9 Å². The molecule has 0 radical (unpaired) electrons. The lowest BCUT2D eigenvalue weighted by atomic mass is 9.94. The van der Waals surface area contributed by atoms with Crippen LogP contribution in [0.1, 0.15) is 75.5 Å². The summed E-state index contributed by atoms with van der Waals surface area (Å²) in [5, 5.41) is 3.48. The summed E-state index contributed by atoms with van der Waals surface area (Å²) in [5.74, 6) is 0.457. The third kappa shape index (κ3) is 4.63. The first-order valence-corrected chi connectivity index (χ1v) is 11.3. The molecule has 1 aromatic carbocycles. The smallest absolute Gasteiger partial charge is 0.367 e. The van der Waals surface area contributed by atoms with Gasteiger partial charge in [-0.25, -0.2) is 0 Å². The van der Waals surface area contributed by atoms with Crippen LogP contribution in [0.4, 0.5) is 13.2 Å². The highest BCUT2D eigenvalue weighted by molar-refractivity contribution is 6.31. The first kappa shape index (κ1) is 21.5. The van der Waals surface area contributed by atoms with E-state index in [1.54, 1.807) is 0 Å². The molecular weight excluding hydrogens is 413 g/mol. The highest BCUT2D eigenvalue weighted by atomic mass is 35.5. The second kappa shape index (κ2) is 8.45. The van der Waals surface area contributed by atoms with E-state index in [2.05, 4.69) is 10.2 Å². The molecule has 2 saturated carbocycles. The van der Waals surface area contributed by atoms with Crippen LogP contribution >= 0.6 is 11.6 Å². The van der Waals surface area contributed by atoms with Gasteiger partial charge in [0.2, 0.25) is 5.91 Å². The molecule has 0 spiro atoms.